The lowest BCUT2D eigenvalue weighted by molar-refractivity contribution is -0.119. The number of carbonyl (C=O) groups excluding carboxylic acids is 2. The summed E-state index contributed by atoms with van der Waals surface area (Å²) in [7, 11) is 1.47. The van der Waals surface area contributed by atoms with Gasteiger partial charge < -0.3 is 20.1 Å². The van der Waals surface area contributed by atoms with Crippen LogP contribution in [0.3, 0.4) is 0 Å². The van der Waals surface area contributed by atoms with Gasteiger partial charge in [-0.3, -0.25) is 10.1 Å². The number of anilines is 2. The summed E-state index contributed by atoms with van der Waals surface area (Å²) in [5.74, 6) is 0.790. The Bertz CT molecular complexity index is 1610. The van der Waals surface area contributed by atoms with Crippen LogP contribution in [0.15, 0.2) is 72.9 Å². The van der Waals surface area contributed by atoms with Crippen molar-refractivity contribution in [1.29, 1.82) is 0 Å². The third-order valence-corrected chi connectivity index (χ3v) is 7.56. The predicted molar refractivity (Wildman–Crippen MR) is 170 cm³/mol. The van der Waals surface area contributed by atoms with Crippen molar-refractivity contribution in [2.75, 3.05) is 24.4 Å². The minimum Gasteiger partial charge on any atom is -0.375 e. The van der Waals surface area contributed by atoms with Crippen molar-refractivity contribution < 1.29 is 19.1 Å². The van der Waals surface area contributed by atoms with Crippen molar-refractivity contribution in [3.8, 4) is 5.69 Å². The molecular weight excluding hydrogens is 556 g/mol. The van der Waals surface area contributed by atoms with Crippen LogP contribution in [0.1, 0.15) is 73.7 Å². The van der Waals surface area contributed by atoms with Crippen molar-refractivity contribution in [2.24, 2.45) is 0 Å². The molecule has 0 radical (unpaired) electrons. The van der Waals surface area contributed by atoms with Gasteiger partial charge in [0.15, 0.2) is 0 Å². The molecule has 230 valence electrons. The Morgan fingerprint density at radius 3 is 2.45 bits per heavy atom. The topological polar surface area (TPSA) is 119 Å². The lowest BCUT2D eigenvalue weighted by Crippen LogP contribution is -2.35. The summed E-state index contributed by atoms with van der Waals surface area (Å²) in [4.78, 5) is 29.5. The number of amides is 3. The average molecular weight is 597 g/mol. The Balaban J connectivity index is 1.27. The number of pyridine rings is 1. The van der Waals surface area contributed by atoms with E-state index in [9.17, 15) is 9.59 Å². The molecule has 2 aromatic carbocycles. The molecule has 1 aliphatic carbocycles. The van der Waals surface area contributed by atoms with Crippen molar-refractivity contribution in [1.82, 2.24) is 20.1 Å². The van der Waals surface area contributed by atoms with Gasteiger partial charge in [0.05, 0.1) is 30.1 Å². The summed E-state index contributed by atoms with van der Waals surface area (Å²) in [5, 5.41) is 13.8. The second kappa shape index (κ2) is 13.4. The Morgan fingerprint density at radius 1 is 0.977 bits per heavy atom. The first-order valence-electron chi connectivity index (χ1n) is 14.8. The fourth-order valence-electron chi connectivity index (χ4n) is 5.24. The smallest absolute Gasteiger partial charge is 0.320 e. The van der Waals surface area contributed by atoms with Crippen molar-refractivity contribution in [3.63, 3.8) is 0 Å². The zero-order valence-electron chi connectivity index (χ0n) is 25.9. The minimum atomic E-state index is -0.294. The largest absolute Gasteiger partial charge is 0.375 e. The Hall–Kier alpha value is -4.54. The van der Waals surface area contributed by atoms with Crippen molar-refractivity contribution >= 4 is 23.6 Å². The van der Waals surface area contributed by atoms with Crippen LogP contribution in [0, 0.1) is 6.92 Å². The maximum absolute atomic E-state index is 13.4. The van der Waals surface area contributed by atoms with Crippen molar-refractivity contribution in [2.45, 2.75) is 64.7 Å². The van der Waals surface area contributed by atoms with Gasteiger partial charge in [-0.15, -0.1) is 0 Å². The van der Waals surface area contributed by atoms with Gasteiger partial charge in [-0.2, -0.15) is 5.10 Å². The van der Waals surface area contributed by atoms with E-state index in [0.29, 0.717) is 24.7 Å². The van der Waals surface area contributed by atoms with Gasteiger partial charge >= 0.3 is 6.03 Å². The number of fused-ring (bicyclic) bond motifs is 1. The molecule has 0 saturated heterocycles. The molecule has 0 aliphatic heterocycles. The van der Waals surface area contributed by atoms with Crippen LogP contribution in [-0.2, 0) is 26.3 Å². The molecule has 2 heterocycles. The number of carbonyl (C=O) groups is 2. The van der Waals surface area contributed by atoms with E-state index in [2.05, 4.69) is 47.8 Å². The molecule has 4 aromatic rings. The second-order valence-electron chi connectivity index (χ2n) is 12.1. The van der Waals surface area contributed by atoms with Crippen LogP contribution in [0.25, 0.3) is 5.69 Å². The number of ether oxygens (including phenoxy) is 2. The number of methoxy groups -OCH3 is 1. The molecule has 1 aliphatic rings. The van der Waals surface area contributed by atoms with E-state index in [0.717, 1.165) is 40.1 Å². The number of aryl methyl sites for hydroxylation is 1. The lowest BCUT2D eigenvalue weighted by atomic mass is 9.85. The monoisotopic (exact) mass is 596 g/mol. The number of nitrogens with one attached hydrogen (secondary N) is 3. The molecule has 5 rings (SSSR count). The van der Waals surface area contributed by atoms with Crippen LogP contribution >= 0.6 is 0 Å². The van der Waals surface area contributed by atoms with E-state index in [1.165, 1.54) is 7.11 Å². The average Bonchev–Trinajstić information content (AvgIpc) is 3.42. The van der Waals surface area contributed by atoms with Crippen LogP contribution < -0.4 is 16.0 Å². The summed E-state index contributed by atoms with van der Waals surface area (Å²) in [6, 6.07) is 21.2. The molecule has 0 bridgehead atoms. The van der Waals surface area contributed by atoms with Gasteiger partial charge in [-0.05, 0) is 60.7 Å². The predicted octanol–water partition coefficient (Wildman–Crippen LogP) is 6.37. The zero-order chi connectivity index (χ0) is 31.3. The summed E-state index contributed by atoms with van der Waals surface area (Å²) in [5.41, 5.74) is 5.70. The third-order valence-electron chi connectivity index (χ3n) is 7.56. The zero-order valence-corrected chi connectivity index (χ0v) is 25.9. The molecular formula is C34H40N6O4. The molecule has 0 saturated carbocycles. The molecule has 10 nitrogen and oxygen atoms in total. The molecule has 0 fully saturated rings. The Kier molecular flexibility index (Phi) is 9.41. The van der Waals surface area contributed by atoms with E-state index < -0.39 is 0 Å². The molecule has 44 heavy (non-hydrogen) atoms. The highest BCUT2D eigenvalue weighted by Crippen LogP contribution is 2.38. The summed E-state index contributed by atoms with van der Waals surface area (Å²) < 4.78 is 13.0. The number of hydrogen-bond acceptors (Lipinski definition) is 6. The normalized spacial score (nSPS) is 16.2. The second-order valence-corrected chi connectivity index (χ2v) is 12.1. The first-order valence-corrected chi connectivity index (χ1v) is 14.8. The fourth-order valence-corrected chi connectivity index (χ4v) is 5.24. The summed E-state index contributed by atoms with van der Waals surface area (Å²) >= 11 is 0. The first-order chi connectivity index (χ1) is 21.1. The molecule has 0 unspecified atom stereocenters. The minimum absolute atomic E-state index is 0.0389. The van der Waals surface area contributed by atoms with Crippen LogP contribution in [-0.4, -0.2) is 40.4 Å². The fraction of sp³-hybridized carbons (Fsp3) is 0.353. The number of rotatable bonds is 9. The number of hydrogen-bond donors (Lipinski definition) is 3. The maximum Gasteiger partial charge on any atom is 0.320 e. The number of urea groups is 1. The highest BCUT2D eigenvalue weighted by Gasteiger charge is 2.29. The quantitative estimate of drug-likeness (QED) is 0.207. The Morgan fingerprint density at radius 2 is 1.73 bits per heavy atom. The van der Waals surface area contributed by atoms with E-state index in [1.54, 1.807) is 16.9 Å². The van der Waals surface area contributed by atoms with Gasteiger partial charge in [0, 0.05) is 24.8 Å². The van der Waals surface area contributed by atoms with Crippen LogP contribution in [0.4, 0.5) is 16.4 Å². The highest BCUT2D eigenvalue weighted by molar-refractivity contribution is 5.91. The summed E-state index contributed by atoms with van der Waals surface area (Å²) in [6.45, 7) is 8.66. The standard InChI is InChI=1S/C34H40N6O4/c1-22-10-12-24(13-11-22)40-31(19-29(39-40)34(2,3)4)38-33(42)36-27-14-15-28(26-9-7-6-8-25(26)27)44-20-23-16-17-35-30(18-23)37-32(41)21-43-5/h6-13,16-19,27-28H,14-15,20-21H2,1-5H3,(H,35,37,41)(H2,36,38,42)/t27-,28-/m0/s1. The van der Waals surface area contributed by atoms with Crippen LogP contribution in [0.2, 0.25) is 0 Å². The van der Waals surface area contributed by atoms with Gasteiger partial charge in [-0.25, -0.2) is 14.5 Å². The molecule has 3 amide bonds. The van der Waals surface area contributed by atoms with Crippen LogP contribution in [0.5, 0.6) is 0 Å². The van der Waals surface area contributed by atoms with Gasteiger partial charge in [-0.1, -0.05) is 62.7 Å². The molecule has 2 aromatic heterocycles. The van der Waals surface area contributed by atoms with E-state index >= 15 is 0 Å². The first kappa shape index (κ1) is 30.9. The molecule has 0 spiro atoms. The van der Waals surface area contributed by atoms with Gasteiger partial charge in [0.2, 0.25) is 0 Å². The SMILES string of the molecule is COCC(=O)Nc1cc(CO[C@H]2CC[C@H](NC(=O)Nc3cc(C(C)(C)C)nn3-c3ccc(C)cc3)c3ccccc32)ccn1. The lowest BCUT2D eigenvalue weighted by Gasteiger charge is -2.32. The highest BCUT2D eigenvalue weighted by atomic mass is 16.5. The molecule has 3 N–H and O–H groups in total. The molecule has 10 heteroatoms. The third kappa shape index (κ3) is 7.50. The maximum atomic E-state index is 13.4. The summed E-state index contributed by atoms with van der Waals surface area (Å²) in [6.07, 6.45) is 2.96. The van der Waals surface area contributed by atoms with Crippen molar-refractivity contribution in [3.05, 3.63) is 101 Å². The number of aromatic nitrogens is 3. The van der Waals surface area contributed by atoms with E-state index in [1.807, 2.05) is 61.5 Å². The van der Waals surface area contributed by atoms with Gasteiger partial charge in [0.25, 0.3) is 5.91 Å². The number of benzene rings is 2. The molecule has 2 atom stereocenters. The van der Waals surface area contributed by atoms with E-state index in [4.69, 9.17) is 14.6 Å². The van der Waals surface area contributed by atoms with E-state index in [-0.39, 0.29) is 36.1 Å². The van der Waals surface area contributed by atoms with Gasteiger partial charge in [0.1, 0.15) is 18.2 Å². The Labute approximate surface area is 258 Å². The number of nitrogens with zero attached hydrogens (tertiary/aromatic N) is 3.